The Morgan fingerprint density at radius 3 is 2.55 bits per heavy atom. The molecule has 2 aliphatic heterocycles. The van der Waals surface area contributed by atoms with E-state index in [-0.39, 0.29) is 29.8 Å². The van der Waals surface area contributed by atoms with Crippen LogP contribution in [0.15, 0.2) is 0 Å². The van der Waals surface area contributed by atoms with Crippen molar-refractivity contribution < 1.29 is 19.4 Å². The van der Waals surface area contributed by atoms with Crippen LogP contribution in [-0.2, 0) is 14.3 Å². The quantitative estimate of drug-likeness (QED) is 0.769. The molecule has 116 valence electrons. The Kier molecular flexibility index (Phi) is 4.39. The van der Waals surface area contributed by atoms with Crippen LogP contribution in [-0.4, -0.2) is 84.6 Å². The van der Waals surface area contributed by atoms with Gasteiger partial charge in [0, 0.05) is 33.3 Å². The van der Waals surface area contributed by atoms with Crippen molar-refractivity contribution >= 4 is 5.91 Å². The number of methoxy groups -OCH3 is 1. The maximum absolute atomic E-state index is 12.1. The van der Waals surface area contributed by atoms with Crippen molar-refractivity contribution in [1.82, 2.24) is 9.80 Å². The summed E-state index contributed by atoms with van der Waals surface area (Å²) in [4.78, 5) is 16.1. The van der Waals surface area contributed by atoms with Gasteiger partial charge in [0.1, 0.15) is 12.2 Å². The van der Waals surface area contributed by atoms with Crippen LogP contribution in [0.25, 0.3) is 0 Å². The highest BCUT2D eigenvalue weighted by Crippen LogP contribution is 2.35. The van der Waals surface area contributed by atoms with Gasteiger partial charge >= 0.3 is 0 Å². The first kappa shape index (κ1) is 15.7. The number of likely N-dealkylation sites (tertiary alicyclic amines) is 1. The molecule has 0 saturated carbocycles. The van der Waals surface area contributed by atoms with Crippen molar-refractivity contribution in [2.75, 3.05) is 46.4 Å². The van der Waals surface area contributed by atoms with E-state index in [1.807, 2.05) is 18.7 Å². The molecule has 0 aromatic heterocycles. The summed E-state index contributed by atoms with van der Waals surface area (Å²) in [6.45, 7) is 9.29. The fourth-order valence-corrected chi connectivity index (χ4v) is 3.34. The zero-order chi connectivity index (χ0) is 15.0. The minimum atomic E-state index is -0.349. The van der Waals surface area contributed by atoms with Crippen LogP contribution < -0.4 is 0 Å². The summed E-state index contributed by atoms with van der Waals surface area (Å²) < 4.78 is 11.2. The summed E-state index contributed by atoms with van der Waals surface area (Å²) >= 11 is 0. The second-order valence-electron chi connectivity index (χ2n) is 6.75. The molecule has 0 bridgehead atoms. The number of rotatable bonds is 4. The summed E-state index contributed by atoms with van der Waals surface area (Å²) in [5, 5.41) is 9.42. The molecule has 1 spiro atoms. The van der Waals surface area contributed by atoms with E-state index in [2.05, 4.69) is 4.90 Å². The monoisotopic (exact) mass is 286 g/mol. The number of aliphatic hydroxyl groups excluding tert-OH is 1. The van der Waals surface area contributed by atoms with E-state index in [0.29, 0.717) is 19.6 Å². The van der Waals surface area contributed by atoms with Crippen LogP contribution in [0.5, 0.6) is 0 Å². The maximum atomic E-state index is 12.1. The van der Waals surface area contributed by atoms with E-state index in [1.165, 1.54) is 7.11 Å². The van der Waals surface area contributed by atoms with Gasteiger partial charge in [-0.15, -0.1) is 0 Å². The summed E-state index contributed by atoms with van der Waals surface area (Å²) in [6, 6.07) is 0. The molecule has 6 heteroatoms. The topological polar surface area (TPSA) is 62.2 Å². The Morgan fingerprint density at radius 2 is 2.00 bits per heavy atom. The zero-order valence-electron chi connectivity index (χ0n) is 12.9. The first-order chi connectivity index (χ1) is 9.25. The Hall–Kier alpha value is -0.690. The molecule has 0 aromatic carbocycles. The third-order valence-electron chi connectivity index (χ3n) is 3.71. The highest BCUT2D eigenvalue weighted by molar-refractivity contribution is 5.77. The average Bonchev–Trinajstić information content (AvgIpc) is 2.24. The standard InChI is InChI=1S/C14H26N2O4/c1-11(17)5-15-8-14(9-15)10-16(12(18)6-19-4)7-13(2,3)20-14/h11,17H,5-10H2,1-4H3. The summed E-state index contributed by atoms with van der Waals surface area (Å²) in [7, 11) is 1.53. The number of β-amino-alcohol motifs (C(OH)–C–C–N with tert-alkyl or cyclic N) is 1. The van der Waals surface area contributed by atoms with Crippen LogP contribution in [0.2, 0.25) is 0 Å². The predicted octanol–water partition coefficient (Wildman–Crippen LogP) is -0.295. The zero-order valence-corrected chi connectivity index (χ0v) is 12.9. The molecule has 1 amide bonds. The Bertz CT molecular complexity index is 364. The summed E-state index contributed by atoms with van der Waals surface area (Å²) in [5.41, 5.74) is -0.640. The van der Waals surface area contributed by atoms with Crippen molar-refractivity contribution in [2.45, 2.75) is 38.1 Å². The van der Waals surface area contributed by atoms with Crippen LogP contribution in [0.4, 0.5) is 0 Å². The minimum absolute atomic E-state index is 0.0113. The van der Waals surface area contributed by atoms with E-state index in [0.717, 1.165) is 13.1 Å². The van der Waals surface area contributed by atoms with Gasteiger partial charge in [0.05, 0.1) is 18.2 Å². The molecule has 0 aromatic rings. The van der Waals surface area contributed by atoms with Crippen LogP contribution in [0.1, 0.15) is 20.8 Å². The van der Waals surface area contributed by atoms with Crippen molar-refractivity contribution in [3.05, 3.63) is 0 Å². The molecule has 20 heavy (non-hydrogen) atoms. The van der Waals surface area contributed by atoms with Crippen molar-refractivity contribution in [3.8, 4) is 0 Å². The maximum Gasteiger partial charge on any atom is 0.248 e. The predicted molar refractivity (Wildman–Crippen MR) is 74.5 cm³/mol. The number of nitrogens with zero attached hydrogens (tertiary/aromatic N) is 2. The smallest absolute Gasteiger partial charge is 0.248 e. The fourth-order valence-electron chi connectivity index (χ4n) is 3.34. The van der Waals surface area contributed by atoms with Gasteiger partial charge in [0.2, 0.25) is 5.91 Å². The lowest BCUT2D eigenvalue weighted by molar-refractivity contribution is -0.248. The van der Waals surface area contributed by atoms with E-state index in [1.54, 1.807) is 6.92 Å². The highest BCUT2D eigenvalue weighted by atomic mass is 16.5. The molecule has 2 rings (SSSR count). The first-order valence-electron chi connectivity index (χ1n) is 7.13. The molecule has 0 aliphatic carbocycles. The van der Waals surface area contributed by atoms with Gasteiger partial charge in [0.15, 0.2) is 0 Å². The normalized spacial score (nSPS) is 26.4. The van der Waals surface area contributed by atoms with Crippen LogP contribution >= 0.6 is 0 Å². The van der Waals surface area contributed by atoms with Gasteiger partial charge in [0.25, 0.3) is 0 Å². The first-order valence-corrected chi connectivity index (χ1v) is 7.13. The average molecular weight is 286 g/mol. The largest absolute Gasteiger partial charge is 0.392 e. The lowest BCUT2D eigenvalue weighted by Gasteiger charge is -2.58. The number of carbonyl (C=O) groups excluding carboxylic acids is 1. The van der Waals surface area contributed by atoms with Gasteiger partial charge in [-0.2, -0.15) is 0 Å². The van der Waals surface area contributed by atoms with Gasteiger partial charge in [-0.05, 0) is 20.8 Å². The van der Waals surface area contributed by atoms with Gasteiger partial charge < -0.3 is 19.5 Å². The van der Waals surface area contributed by atoms with Crippen molar-refractivity contribution in [2.24, 2.45) is 0 Å². The lowest BCUT2D eigenvalue weighted by Crippen LogP contribution is -2.74. The van der Waals surface area contributed by atoms with Crippen molar-refractivity contribution in [3.63, 3.8) is 0 Å². The number of ether oxygens (including phenoxy) is 2. The van der Waals surface area contributed by atoms with E-state index in [9.17, 15) is 9.90 Å². The molecule has 0 radical (unpaired) electrons. The number of aliphatic hydroxyl groups is 1. The molecular formula is C14H26N2O4. The Morgan fingerprint density at radius 1 is 1.35 bits per heavy atom. The van der Waals surface area contributed by atoms with Crippen LogP contribution in [0, 0.1) is 0 Å². The number of hydrogen-bond donors (Lipinski definition) is 1. The van der Waals surface area contributed by atoms with Gasteiger partial charge in [-0.3, -0.25) is 9.69 Å². The molecule has 2 fully saturated rings. The molecule has 6 nitrogen and oxygen atoms in total. The second-order valence-corrected chi connectivity index (χ2v) is 6.75. The van der Waals surface area contributed by atoms with Gasteiger partial charge in [-0.1, -0.05) is 0 Å². The second kappa shape index (κ2) is 5.60. The SMILES string of the molecule is COCC(=O)N1CC(C)(C)OC2(CN(CC(C)O)C2)C1. The summed E-state index contributed by atoms with van der Waals surface area (Å²) in [6.07, 6.45) is -0.338. The molecule has 2 aliphatic rings. The van der Waals surface area contributed by atoms with Crippen molar-refractivity contribution in [1.29, 1.82) is 0 Å². The number of hydrogen-bond acceptors (Lipinski definition) is 5. The number of amides is 1. The molecule has 1 unspecified atom stereocenters. The number of carbonyl (C=O) groups is 1. The molecular weight excluding hydrogens is 260 g/mol. The molecule has 2 saturated heterocycles. The Balaban J connectivity index is 1.99. The van der Waals surface area contributed by atoms with Gasteiger partial charge in [-0.25, -0.2) is 0 Å². The molecule has 1 N–H and O–H groups in total. The number of morpholine rings is 1. The lowest BCUT2D eigenvalue weighted by atomic mass is 9.88. The van der Waals surface area contributed by atoms with E-state index in [4.69, 9.17) is 9.47 Å². The molecule has 2 heterocycles. The fraction of sp³-hybridized carbons (Fsp3) is 0.929. The highest BCUT2D eigenvalue weighted by Gasteiger charge is 2.52. The van der Waals surface area contributed by atoms with E-state index < -0.39 is 0 Å². The molecule has 1 atom stereocenters. The van der Waals surface area contributed by atoms with Crippen LogP contribution in [0.3, 0.4) is 0 Å². The Labute approximate surface area is 120 Å². The van der Waals surface area contributed by atoms with E-state index >= 15 is 0 Å². The minimum Gasteiger partial charge on any atom is -0.392 e. The third kappa shape index (κ3) is 3.49. The third-order valence-corrected chi connectivity index (χ3v) is 3.71. The summed E-state index contributed by atoms with van der Waals surface area (Å²) in [5.74, 6) is 0.0113.